The molecule has 0 spiro atoms. The number of likely N-dealkylation sites (tertiary alicyclic amines) is 1. The zero-order valence-electron chi connectivity index (χ0n) is 17.8. The third-order valence-corrected chi connectivity index (χ3v) is 7.99. The maximum absolute atomic E-state index is 13.0. The van der Waals surface area contributed by atoms with Crippen LogP contribution in [0.15, 0.2) is 58.0 Å². The van der Waals surface area contributed by atoms with Crippen LogP contribution < -0.4 is 14.2 Å². The van der Waals surface area contributed by atoms with Crippen molar-refractivity contribution in [3.8, 4) is 17.4 Å². The number of ether oxygens (including phenoxy) is 2. The number of benzene rings is 2. The lowest BCUT2D eigenvalue weighted by molar-refractivity contribution is 0.208. The molecule has 1 atom stereocenters. The van der Waals surface area contributed by atoms with Gasteiger partial charge in [0.15, 0.2) is 0 Å². The summed E-state index contributed by atoms with van der Waals surface area (Å²) in [5, 5.41) is 1.12. The van der Waals surface area contributed by atoms with Crippen LogP contribution in [0.2, 0.25) is 15.1 Å². The van der Waals surface area contributed by atoms with E-state index >= 15 is 0 Å². The lowest BCUT2D eigenvalue weighted by Crippen LogP contribution is -2.21. The van der Waals surface area contributed by atoms with Gasteiger partial charge in [-0.05, 0) is 59.7 Å². The Bertz CT molecular complexity index is 1330. The summed E-state index contributed by atoms with van der Waals surface area (Å²) in [7, 11) is -1.93. The van der Waals surface area contributed by atoms with Crippen LogP contribution in [0.3, 0.4) is 0 Å². The van der Waals surface area contributed by atoms with Gasteiger partial charge in [-0.3, -0.25) is 4.72 Å². The molecule has 2 heterocycles. The Morgan fingerprint density at radius 3 is 2.53 bits per heavy atom. The molecule has 0 saturated carbocycles. The molecule has 1 N–H and O–H groups in total. The average Bonchev–Trinajstić information content (AvgIpc) is 3.19. The predicted octanol–water partition coefficient (Wildman–Crippen LogP) is 6.48. The minimum Gasteiger partial charge on any atom is -0.487 e. The number of nitrogens with zero attached hydrogens (tertiary/aromatic N) is 2. The first kappa shape index (κ1) is 25.3. The van der Waals surface area contributed by atoms with Gasteiger partial charge in [0, 0.05) is 25.2 Å². The monoisotopic (exact) mass is 605 g/mol. The fraction of sp³-hybridized carbons (Fsp3) is 0.227. The minimum atomic E-state index is -3.95. The Balaban J connectivity index is 1.50. The molecule has 0 aliphatic carbocycles. The third-order valence-electron chi connectivity index (χ3n) is 5.02. The molecule has 1 unspecified atom stereocenters. The number of likely N-dealkylation sites (N-methyl/N-ethyl adjacent to an activating group) is 1. The predicted molar refractivity (Wildman–Crippen MR) is 137 cm³/mol. The molecule has 0 amide bonds. The van der Waals surface area contributed by atoms with Crippen LogP contribution in [0.4, 0.5) is 5.69 Å². The molecule has 1 aliphatic heterocycles. The Morgan fingerprint density at radius 1 is 1.09 bits per heavy atom. The number of hydrogen-bond donors (Lipinski definition) is 1. The first-order valence-electron chi connectivity index (χ1n) is 10.1. The summed E-state index contributed by atoms with van der Waals surface area (Å²) in [6.07, 6.45) is 2.07. The molecule has 1 aliphatic rings. The summed E-state index contributed by atoms with van der Waals surface area (Å²) >= 11 is 21.5. The van der Waals surface area contributed by atoms with Gasteiger partial charge in [-0.25, -0.2) is 13.4 Å². The van der Waals surface area contributed by atoms with Crippen molar-refractivity contribution in [3.05, 3.63) is 68.2 Å². The van der Waals surface area contributed by atoms with Crippen molar-refractivity contribution in [1.29, 1.82) is 0 Å². The second kappa shape index (κ2) is 10.5. The summed E-state index contributed by atoms with van der Waals surface area (Å²) in [6.45, 7) is 1.71. The van der Waals surface area contributed by atoms with Gasteiger partial charge in [-0.1, -0.05) is 34.8 Å². The lowest BCUT2D eigenvalue weighted by Gasteiger charge is -2.16. The Morgan fingerprint density at radius 2 is 1.85 bits per heavy atom. The molecule has 34 heavy (non-hydrogen) atoms. The van der Waals surface area contributed by atoms with E-state index in [4.69, 9.17) is 44.3 Å². The van der Waals surface area contributed by atoms with Crippen LogP contribution in [-0.2, 0) is 10.0 Å². The highest BCUT2D eigenvalue weighted by Crippen LogP contribution is 2.34. The maximum Gasteiger partial charge on any atom is 0.263 e. The average molecular weight is 608 g/mol. The quantitative estimate of drug-likeness (QED) is 0.331. The van der Waals surface area contributed by atoms with Crippen LogP contribution in [-0.4, -0.2) is 44.5 Å². The Labute approximate surface area is 221 Å². The number of anilines is 1. The highest BCUT2D eigenvalue weighted by molar-refractivity contribution is 9.10. The number of rotatable bonds is 7. The fourth-order valence-corrected chi connectivity index (χ4v) is 5.37. The molecule has 4 rings (SSSR count). The highest BCUT2D eigenvalue weighted by atomic mass is 79.9. The van der Waals surface area contributed by atoms with E-state index in [1.54, 1.807) is 30.3 Å². The normalized spacial score (nSPS) is 16.4. The van der Waals surface area contributed by atoms with Crippen molar-refractivity contribution in [2.45, 2.75) is 17.4 Å². The van der Waals surface area contributed by atoms with Gasteiger partial charge in [0.05, 0.1) is 31.4 Å². The largest absolute Gasteiger partial charge is 0.487 e. The summed E-state index contributed by atoms with van der Waals surface area (Å²) in [6, 6.07) is 10.9. The van der Waals surface area contributed by atoms with E-state index in [-0.39, 0.29) is 16.9 Å². The smallest absolute Gasteiger partial charge is 0.263 e. The number of sulfonamides is 1. The molecule has 3 aromatic rings. The molecular formula is C22H19BrCl3N3O4S. The van der Waals surface area contributed by atoms with Gasteiger partial charge in [0.25, 0.3) is 10.0 Å². The van der Waals surface area contributed by atoms with Gasteiger partial charge < -0.3 is 14.4 Å². The molecule has 1 saturated heterocycles. The van der Waals surface area contributed by atoms with Crippen LogP contribution in [0.1, 0.15) is 6.42 Å². The molecule has 0 radical (unpaired) electrons. The van der Waals surface area contributed by atoms with Gasteiger partial charge in [-0.2, -0.15) is 0 Å². The Kier molecular flexibility index (Phi) is 7.81. The van der Waals surface area contributed by atoms with Crippen molar-refractivity contribution < 1.29 is 17.9 Å². The number of aromatic nitrogens is 1. The maximum atomic E-state index is 13.0. The van der Waals surface area contributed by atoms with Crippen molar-refractivity contribution >= 4 is 66.4 Å². The summed E-state index contributed by atoms with van der Waals surface area (Å²) < 4.78 is 40.5. The second-order valence-electron chi connectivity index (χ2n) is 7.68. The Hall–Kier alpha value is -1.75. The van der Waals surface area contributed by atoms with Crippen molar-refractivity contribution in [1.82, 2.24) is 9.88 Å². The zero-order valence-corrected chi connectivity index (χ0v) is 22.4. The third kappa shape index (κ3) is 6.08. The van der Waals surface area contributed by atoms with Crippen LogP contribution in [0.25, 0.3) is 0 Å². The number of hydrogen-bond acceptors (Lipinski definition) is 6. The number of nitrogens with one attached hydrogen (secondary N) is 1. The second-order valence-corrected chi connectivity index (χ2v) is 11.4. The molecule has 12 heteroatoms. The van der Waals surface area contributed by atoms with E-state index in [2.05, 4.69) is 30.5 Å². The molecule has 0 bridgehead atoms. The molecular weight excluding hydrogens is 589 g/mol. The van der Waals surface area contributed by atoms with E-state index in [0.29, 0.717) is 36.7 Å². The lowest BCUT2D eigenvalue weighted by atomic mass is 10.3. The van der Waals surface area contributed by atoms with Gasteiger partial charge in [-0.15, -0.1) is 0 Å². The summed E-state index contributed by atoms with van der Waals surface area (Å²) in [4.78, 5) is 6.22. The summed E-state index contributed by atoms with van der Waals surface area (Å²) in [5.74, 6) is 0.992. The minimum absolute atomic E-state index is 0.00224. The SMILES string of the molecule is CN1CCC(Oc2cc(NS(=O)(=O)c3cnc(Oc4ccc(Cl)c(Cl)c4)c(Br)c3)ccc2Cl)C1. The van der Waals surface area contributed by atoms with Gasteiger partial charge in [0.1, 0.15) is 22.5 Å². The molecule has 1 fully saturated rings. The highest BCUT2D eigenvalue weighted by Gasteiger charge is 2.23. The first-order chi connectivity index (χ1) is 16.1. The van der Waals surface area contributed by atoms with Crippen molar-refractivity contribution in [2.75, 3.05) is 24.9 Å². The van der Waals surface area contributed by atoms with E-state index < -0.39 is 10.0 Å². The molecule has 180 valence electrons. The van der Waals surface area contributed by atoms with Crippen molar-refractivity contribution in [2.24, 2.45) is 0 Å². The van der Waals surface area contributed by atoms with E-state index in [1.807, 2.05) is 7.05 Å². The van der Waals surface area contributed by atoms with Crippen molar-refractivity contribution in [3.63, 3.8) is 0 Å². The number of halogens is 4. The molecule has 7 nitrogen and oxygen atoms in total. The zero-order chi connectivity index (χ0) is 24.5. The fourth-order valence-electron chi connectivity index (χ4n) is 3.32. The molecule has 1 aromatic heterocycles. The molecule has 2 aromatic carbocycles. The first-order valence-corrected chi connectivity index (χ1v) is 13.5. The topological polar surface area (TPSA) is 80.8 Å². The van der Waals surface area contributed by atoms with Crippen LogP contribution >= 0.6 is 50.7 Å². The van der Waals surface area contributed by atoms with E-state index in [1.165, 1.54) is 18.3 Å². The number of pyridine rings is 1. The van der Waals surface area contributed by atoms with Crippen LogP contribution in [0, 0.1) is 0 Å². The van der Waals surface area contributed by atoms with E-state index in [9.17, 15) is 8.42 Å². The van der Waals surface area contributed by atoms with E-state index in [0.717, 1.165) is 19.5 Å². The van der Waals surface area contributed by atoms with Crippen LogP contribution in [0.5, 0.6) is 17.4 Å². The van der Waals surface area contributed by atoms with Gasteiger partial charge >= 0.3 is 0 Å². The van der Waals surface area contributed by atoms with Gasteiger partial charge in [0.2, 0.25) is 5.88 Å². The standard InChI is InChI=1S/C22H19BrCl3N3O4S/c1-29-7-6-15(12-29)32-21-8-13(2-4-19(21)25)28-34(30,31)16-10-17(23)22(27-11-16)33-14-3-5-18(24)20(26)9-14/h2-5,8-11,15,28H,6-7,12H2,1H3. The summed E-state index contributed by atoms with van der Waals surface area (Å²) in [5.41, 5.74) is 0.318.